The Morgan fingerprint density at radius 2 is 1.82 bits per heavy atom. The first-order valence-corrected chi connectivity index (χ1v) is 14.8. The number of likely N-dealkylation sites (tertiary alicyclic amines) is 1. The van der Waals surface area contributed by atoms with Crippen LogP contribution in [0.3, 0.4) is 0 Å². The number of benzene rings is 3. The molecule has 5 rings (SSSR count). The number of hydrogen-bond donors (Lipinski definition) is 1. The van der Waals surface area contributed by atoms with Crippen LogP contribution in [0.15, 0.2) is 76.5 Å². The highest BCUT2D eigenvalue weighted by Gasteiger charge is 2.36. The van der Waals surface area contributed by atoms with Crippen LogP contribution in [-0.4, -0.2) is 51.3 Å². The maximum Gasteiger partial charge on any atom is 0.259 e. The molecule has 9 heteroatoms. The third-order valence-corrected chi connectivity index (χ3v) is 9.28. The van der Waals surface area contributed by atoms with Gasteiger partial charge in [0.1, 0.15) is 5.82 Å². The van der Waals surface area contributed by atoms with Crippen LogP contribution in [-0.2, 0) is 16.4 Å². The van der Waals surface area contributed by atoms with Gasteiger partial charge in [0.25, 0.3) is 11.8 Å². The number of piperidine rings is 1. The summed E-state index contributed by atoms with van der Waals surface area (Å²) in [6.45, 7) is 5.58. The fourth-order valence-corrected chi connectivity index (χ4v) is 7.03. The van der Waals surface area contributed by atoms with Crippen LogP contribution >= 0.6 is 0 Å². The lowest BCUT2D eigenvalue weighted by molar-refractivity contribution is 0.0946. The highest BCUT2D eigenvalue weighted by Crippen LogP contribution is 2.38. The Labute approximate surface area is 228 Å². The van der Waals surface area contributed by atoms with Crippen LogP contribution in [0.1, 0.15) is 52.5 Å². The molecule has 2 heterocycles. The van der Waals surface area contributed by atoms with Crippen LogP contribution in [0.4, 0.5) is 10.1 Å². The highest BCUT2D eigenvalue weighted by atomic mass is 32.2. The van der Waals surface area contributed by atoms with Crippen molar-refractivity contribution in [1.29, 1.82) is 0 Å². The van der Waals surface area contributed by atoms with Gasteiger partial charge in [-0.25, -0.2) is 12.8 Å². The largest absolute Gasteiger partial charge is 0.352 e. The van der Waals surface area contributed by atoms with Crippen molar-refractivity contribution in [2.75, 3.05) is 31.1 Å². The number of halogens is 1. The molecule has 0 aromatic heterocycles. The molecular formula is C30H32FN3O4S. The lowest BCUT2D eigenvalue weighted by Crippen LogP contribution is -2.36. The van der Waals surface area contributed by atoms with E-state index in [1.54, 1.807) is 30.3 Å². The van der Waals surface area contributed by atoms with Gasteiger partial charge >= 0.3 is 0 Å². The van der Waals surface area contributed by atoms with Gasteiger partial charge in [0.05, 0.1) is 27.6 Å². The molecule has 3 aromatic rings. The average molecular weight is 550 g/mol. The summed E-state index contributed by atoms with van der Waals surface area (Å²) in [5.41, 5.74) is 0.515. The Morgan fingerprint density at radius 3 is 2.62 bits per heavy atom. The standard InChI is InChI=1S/C30H32FN3O4S/c1-21-8-6-16-33(19-21)17-7-15-32-29(35)22-13-14-28-26(18-22)34(20-23-9-2-4-11-25(23)31)30(36)24-10-3-5-12-27(24)39(28,37)38/h2-5,9-14,18,21H,6-8,15-17,19-20H2,1H3,(H,32,35)/t21-/m1/s1. The van der Waals surface area contributed by atoms with Crippen LogP contribution in [0.2, 0.25) is 0 Å². The van der Waals surface area contributed by atoms with E-state index >= 15 is 0 Å². The number of nitrogens with one attached hydrogen (secondary N) is 1. The zero-order chi connectivity index (χ0) is 27.6. The molecular weight excluding hydrogens is 517 g/mol. The number of amides is 2. The Balaban J connectivity index is 1.43. The molecule has 3 aromatic carbocycles. The summed E-state index contributed by atoms with van der Waals surface area (Å²) in [6, 6.07) is 16.3. The summed E-state index contributed by atoms with van der Waals surface area (Å²) in [6.07, 6.45) is 3.24. The molecule has 0 aliphatic carbocycles. The zero-order valence-corrected chi connectivity index (χ0v) is 22.7. The number of rotatable bonds is 7. The van der Waals surface area contributed by atoms with E-state index in [0.717, 1.165) is 26.1 Å². The van der Waals surface area contributed by atoms with E-state index in [9.17, 15) is 22.4 Å². The van der Waals surface area contributed by atoms with Crippen LogP contribution in [0, 0.1) is 11.7 Å². The molecule has 0 radical (unpaired) electrons. The first kappa shape index (κ1) is 27.0. The average Bonchev–Trinajstić information content (AvgIpc) is 3.00. The predicted molar refractivity (Wildman–Crippen MR) is 147 cm³/mol. The minimum Gasteiger partial charge on any atom is -0.352 e. The predicted octanol–water partition coefficient (Wildman–Crippen LogP) is 4.67. The van der Waals surface area contributed by atoms with Gasteiger partial charge in [0.15, 0.2) is 0 Å². The fraction of sp³-hybridized carbons (Fsp3) is 0.333. The van der Waals surface area contributed by atoms with Gasteiger partial charge in [-0.2, -0.15) is 0 Å². The number of hydrogen-bond acceptors (Lipinski definition) is 5. The van der Waals surface area contributed by atoms with Gasteiger partial charge in [-0.3, -0.25) is 9.59 Å². The number of carbonyl (C=O) groups is 2. The molecule has 1 fully saturated rings. The van der Waals surface area contributed by atoms with Crippen molar-refractivity contribution in [2.24, 2.45) is 5.92 Å². The summed E-state index contributed by atoms with van der Waals surface area (Å²) >= 11 is 0. The summed E-state index contributed by atoms with van der Waals surface area (Å²) in [5, 5.41) is 2.92. The van der Waals surface area contributed by atoms with Gasteiger partial charge in [-0.1, -0.05) is 37.3 Å². The minimum atomic E-state index is -4.08. The Morgan fingerprint density at radius 1 is 1.05 bits per heavy atom. The molecule has 1 saturated heterocycles. The molecule has 0 spiro atoms. The van der Waals surface area contributed by atoms with Gasteiger partial charge < -0.3 is 15.1 Å². The normalized spacial score (nSPS) is 18.7. The number of anilines is 1. The molecule has 2 amide bonds. The van der Waals surface area contributed by atoms with Crippen LogP contribution in [0.5, 0.6) is 0 Å². The summed E-state index contributed by atoms with van der Waals surface area (Å²) in [7, 11) is -4.08. The van der Waals surface area contributed by atoms with Crippen molar-refractivity contribution in [3.05, 3.63) is 89.2 Å². The second-order valence-corrected chi connectivity index (χ2v) is 12.2. The molecule has 39 heavy (non-hydrogen) atoms. The Hall–Kier alpha value is -3.56. The maximum atomic E-state index is 14.6. The van der Waals surface area contributed by atoms with Crippen molar-refractivity contribution in [3.8, 4) is 0 Å². The Kier molecular flexibility index (Phi) is 7.81. The molecule has 7 nitrogen and oxygen atoms in total. The monoisotopic (exact) mass is 549 g/mol. The van der Waals surface area contributed by atoms with Gasteiger partial charge in [-0.05, 0) is 74.7 Å². The van der Waals surface area contributed by atoms with E-state index in [2.05, 4.69) is 17.1 Å². The molecule has 0 unspecified atom stereocenters. The number of carbonyl (C=O) groups excluding carboxylic acids is 2. The van der Waals surface area contributed by atoms with Crippen molar-refractivity contribution in [2.45, 2.75) is 42.5 Å². The topological polar surface area (TPSA) is 86.8 Å². The smallest absolute Gasteiger partial charge is 0.259 e. The van der Waals surface area contributed by atoms with Crippen LogP contribution < -0.4 is 10.2 Å². The number of fused-ring (bicyclic) bond motifs is 2. The SMILES string of the molecule is C[C@@H]1CCCN(CCCNC(=O)c2ccc3c(c2)N(Cc2ccccc2F)C(=O)c2ccccc2S3(=O)=O)C1. The lowest BCUT2D eigenvalue weighted by Gasteiger charge is -2.30. The highest BCUT2D eigenvalue weighted by molar-refractivity contribution is 7.91. The van der Waals surface area contributed by atoms with E-state index < -0.39 is 21.6 Å². The lowest BCUT2D eigenvalue weighted by atomic mass is 10.0. The van der Waals surface area contributed by atoms with Gasteiger partial charge in [0, 0.05) is 24.2 Å². The second kappa shape index (κ2) is 11.3. The van der Waals surface area contributed by atoms with E-state index in [0.29, 0.717) is 12.5 Å². The Bertz CT molecular complexity index is 1510. The zero-order valence-electron chi connectivity index (χ0n) is 21.9. The molecule has 204 valence electrons. The number of sulfone groups is 1. The number of nitrogens with zero attached hydrogens (tertiary/aromatic N) is 2. The van der Waals surface area contributed by atoms with Crippen molar-refractivity contribution in [3.63, 3.8) is 0 Å². The van der Waals surface area contributed by atoms with Crippen molar-refractivity contribution >= 4 is 27.3 Å². The fourth-order valence-electron chi connectivity index (χ4n) is 5.40. The molecule has 0 saturated carbocycles. The quantitative estimate of drug-likeness (QED) is 0.433. The molecule has 2 aliphatic heterocycles. The minimum absolute atomic E-state index is 0.00284. The summed E-state index contributed by atoms with van der Waals surface area (Å²) < 4.78 is 41.9. The molecule has 2 aliphatic rings. The van der Waals surface area contributed by atoms with Gasteiger partial charge in [0.2, 0.25) is 9.84 Å². The van der Waals surface area contributed by atoms with E-state index in [4.69, 9.17) is 0 Å². The molecule has 1 atom stereocenters. The molecule has 1 N–H and O–H groups in total. The first-order chi connectivity index (χ1) is 18.8. The van der Waals surface area contributed by atoms with E-state index in [1.807, 2.05) is 0 Å². The third kappa shape index (κ3) is 5.60. The summed E-state index contributed by atoms with van der Waals surface area (Å²) in [4.78, 5) is 30.2. The van der Waals surface area contributed by atoms with Crippen molar-refractivity contribution in [1.82, 2.24) is 10.2 Å². The first-order valence-electron chi connectivity index (χ1n) is 13.3. The molecule has 0 bridgehead atoms. The van der Waals surface area contributed by atoms with E-state index in [1.165, 1.54) is 54.1 Å². The van der Waals surface area contributed by atoms with Crippen molar-refractivity contribution < 1.29 is 22.4 Å². The van der Waals surface area contributed by atoms with Gasteiger partial charge in [-0.15, -0.1) is 0 Å². The third-order valence-electron chi connectivity index (χ3n) is 7.42. The second-order valence-electron chi connectivity index (χ2n) is 10.3. The summed E-state index contributed by atoms with van der Waals surface area (Å²) in [5.74, 6) is -0.763. The van der Waals surface area contributed by atoms with E-state index in [-0.39, 0.29) is 44.6 Å². The van der Waals surface area contributed by atoms with Crippen LogP contribution in [0.25, 0.3) is 0 Å². The maximum absolute atomic E-state index is 14.6.